The standard InChI is InChI=1S/C81H147NO18/c1-3-5-7-9-11-13-15-17-19-21-23-25-26-27-28-29-30-31-32-33-34-35-36-37-38-39-41-43-45-47-49-51-53-55-57-59-69(87)82-64(65(86)58-56-54-52-50-48-46-44-42-40-24-22-20-18-16-14-12-10-8-6-4-2)63-95-79-75(93)72(90)77(67(61-84)97-79)100-81-76(94)73(91)78(68(62-85)98-81)99-80-74(92)71(89)70(88)66(60-83)96-80/h5,7,11,13,17,19,23,25,27-28,64-68,70-81,83-86,88-94H,3-4,6,8-10,12,14-16,18,20-22,24,26,29-63H2,1-2H3,(H,82,87)/b7-5-,13-11-,19-17-,25-23-,28-27-. The summed E-state index contributed by atoms with van der Waals surface area (Å²) in [6.45, 7) is 1.73. The molecule has 17 atom stereocenters. The van der Waals surface area contributed by atoms with Crippen LogP contribution in [-0.2, 0) is 33.2 Å². The lowest BCUT2D eigenvalue weighted by Crippen LogP contribution is -2.66. The fourth-order valence-electron chi connectivity index (χ4n) is 13.6. The van der Waals surface area contributed by atoms with Crippen LogP contribution < -0.4 is 5.32 Å². The molecular formula is C81H147NO18. The third-order valence-electron chi connectivity index (χ3n) is 20.1. The first-order valence-electron chi connectivity index (χ1n) is 40.5. The summed E-state index contributed by atoms with van der Waals surface area (Å²) in [5.41, 5.74) is 0. The van der Waals surface area contributed by atoms with E-state index in [1.807, 2.05) is 0 Å². The van der Waals surface area contributed by atoms with Gasteiger partial charge in [-0.25, -0.2) is 0 Å². The van der Waals surface area contributed by atoms with Crippen molar-refractivity contribution in [3.63, 3.8) is 0 Å². The monoisotopic (exact) mass is 1420 g/mol. The van der Waals surface area contributed by atoms with Crippen molar-refractivity contribution in [3.05, 3.63) is 60.8 Å². The minimum absolute atomic E-state index is 0.238. The fraction of sp³-hybridized carbons (Fsp3) is 0.864. The molecule has 3 aliphatic rings. The number of carbonyl (C=O) groups excluding carboxylic acids is 1. The molecule has 3 rings (SSSR count). The van der Waals surface area contributed by atoms with Crippen LogP contribution in [0.4, 0.5) is 0 Å². The normalized spacial score (nSPS) is 26.8. The number of rotatable bonds is 64. The molecule has 0 aromatic rings. The van der Waals surface area contributed by atoms with Crippen LogP contribution in [0.5, 0.6) is 0 Å². The minimum atomic E-state index is -1.97. The van der Waals surface area contributed by atoms with Crippen LogP contribution in [0, 0.1) is 0 Å². The molecule has 3 aliphatic heterocycles. The summed E-state index contributed by atoms with van der Waals surface area (Å²) in [4.78, 5) is 13.5. The lowest BCUT2D eigenvalue weighted by atomic mass is 9.96. The minimum Gasteiger partial charge on any atom is -0.394 e. The average Bonchev–Trinajstić information content (AvgIpc) is 0.783. The summed E-state index contributed by atoms with van der Waals surface area (Å²) in [7, 11) is 0. The van der Waals surface area contributed by atoms with Crippen LogP contribution in [-0.4, -0.2) is 193 Å². The molecular weight excluding hydrogens is 1270 g/mol. The van der Waals surface area contributed by atoms with Gasteiger partial charge < -0.3 is 89.9 Å². The van der Waals surface area contributed by atoms with Crippen LogP contribution in [0.3, 0.4) is 0 Å². The number of amides is 1. The third kappa shape index (κ3) is 41.4. The Balaban J connectivity index is 1.33. The van der Waals surface area contributed by atoms with Gasteiger partial charge in [-0.05, 0) is 57.8 Å². The highest BCUT2D eigenvalue weighted by molar-refractivity contribution is 5.76. The maximum atomic E-state index is 13.5. The molecule has 0 aliphatic carbocycles. The van der Waals surface area contributed by atoms with Crippen molar-refractivity contribution in [2.75, 3.05) is 26.4 Å². The zero-order valence-electron chi connectivity index (χ0n) is 62.4. The van der Waals surface area contributed by atoms with Gasteiger partial charge in [0.05, 0.1) is 38.6 Å². The Morgan fingerprint density at radius 1 is 0.370 bits per heavy atom. The molecule has 0 radical (unpaired) electrons. The first-order valence-corrected chi connectivity index (χ1v) is 40.5. The first kappa shape index (κ1) is 91.7. The molecule has 1 amide bonds. The summed E-state index contributed by atoms with van der Waals surface area (Å²) < 4.78 is 34.5. The number of carbonyl (C=O) groups is 1. The second-order valence-electron chi connectivity index (χ2n) is 28.9. The zero-order valence-corrected chi connectivity index (χ0v) is 62.4. The summed E-state index contributed by atoms with van der Waals surface area (Å²) in [6, 6.07) is -0.889. The van der Waals surface area contributed by atoms with E-state index in [9.17, 15) is 61.0 Å². The predicted molar refractivity (Wildman–Crippen MR) is 397 cm³/mol. The highest BCUT2D eigenvalue weighted by Gasteiger charge is 2.54. The summed E-state index contributed by atoms with van der Waals surface area (Å²) in [5.74, 6) is -0.238. The Hall–Kier alpha value is -2.51. The second kappa shape index (κ2) is 61.6. The van der Waals surface area contributed by atoms with E-state index in [1.54, 1.807) is 0 Å². The van der Waals surface area contributed by atoms with E-state index in [4.69, 9.17) is 28.4 Å². The maximum absolute atomic E-state index is 13.5. The van der Waals surface area contributed by atoms with Gasteiger partial charge in [-0.3, -0.25) is 4.79 Å². The smallest absolute Gasteiger partial charge is 0.220 e. The van der Waals surface area contributed by atoms with Crippen molar-refractivity contribution in [1.29, 1.82) is 0 Å². The van der Waals surface area contributed by atoms with Crippen molar-refractivity contribution in [1.82, 2.24) is 5.32 Å². The number of hydrogen-bond acceptors (Lipinski definition) is 18. The Labute approximate surface area is 605 Å². The Kier molecular flexibility index (Phi) is 56.5. The van der Waals surface area contributed by atoms with E-state index >= 15 is 0 Å². The van der Waals surface area contributed by atoms with Gasteiger partial charge in [-0.2, -0.15) is 0 Å². The largest absolute Gasteiger partial charge is 0.394 e. The summed E-state index contributed by atoms with van der Waals surface area (Å²) in [5, 5.41) is 121. The Morgan fingerprint density at radius 3 is 1.08 bits per heavy atom. The molecule has 3 saturated heterocycles. The van der Waals surface area contributed by atoms with Gasteiger partial charge in [0.1, 0.15) is 73.2 Å². The second-order valence-corrected chi connectivity index (χ2v) is 28.9. The van der Waals surface area contributed by atoms with Crippen molar-refractivity contribution in [2.45, 2.75) is 420 Å². The van der Waals surface area contributed by atoms with Gasteiger partial charge in [-0.15, -0.1) is 0 Å². The summed E-state index contributed by atoms with van der Waals surface area (Å²) >= 11 is 0. The van der Waals surface area contributed by atoms with Crippen molar-refractivity contribution in [2.24, 2.45) is 0 Å². The molecule has 100 heavy (non-hydrogen) atoms. The maximum Gasteiger partial charge on any atom is 0.220 e. The van der Waals surface area contributed by atoms with E-state index in [0.29, 0.717) is 12.8 Å². The number of aliphatic hydroxyl groups is 11. The molecule has 0 bridgehead atoms. The fourth-order valence-corrected chi connectivity index (χ4v) is 13.6. The van der Waals surface area contributed by atoms with Gasteiger partial charge in [0.15, 0.2) is 18.9 Å². The molecule has 19 nitrogen and oxygen atoms in total. The molecule has 0 saturated carbocycles. The van der Waals surface area contributed by atoms with Gasteiger partial charge in [-0.1, -0.05) is 312 Å². The lowest BCUT2D eigenvalue weighted by molar-refractivity contribution is -0.379. The average molecular weight is 1420 g/mol. The first-order chi connectivity index (χ1) is 48.8. The molecule has 0 aromatic carbocycles. The van der Waals surface area contributed by atoms with Crippen LogP contribution in [0.2, 0.25) is 0 Å². The zero-order chi connectivity index (χ0) is 72.5. The number of ether oxygens (including phenoxy) is 6. The molecule has 17 unspecified atom stereocenters. The van der Waals surface area contributed by atoms with Crippen molar-refractivity contribution >= 4 is 5.91 Å². The SMILES string of the molecule is CC/C=C\C/C=C\C/C=C\C/C=C\C/C=C\CCCCCCCCCCCCCCCCCCCCCC(=O)NC(COC1OC(CO)C(OC2OC(CO)C(OC3OC(CO)C(O)C(O)C3O)C(O)C2O)C(O)C1O)C(O)CCCCCCCCCCCCCCCCCCCCCC. The third-order valence-corrected chi connectivity index (χ3v) is 20.1. The van der Waals surface area contributed by atoms with E-state index < -0.39 is 124 Å². The number of aliphatic hydroxyl groups excluding tert-OH is 11. The molecule has 0 aromatic heterocycles. The highest BCUT2D eigenvalue weighted by Crippen LogP contribution is 2.33. The molecule has 12 N–H and O–H groups in total. The van der Waals surface area contributed by atoms with E-state index in [2.05, 4.69) is 79.9 Å². The Bertz CT molecular complexity index is 2040. The van der Waals surface area contributed by atoms with E-state index in [-0.39, 0.29) is 18.9 Å². The number of allylic oxidation sites excluding steroid dienone is 10. The molecule has 0 spiro atoms. The van der Waals surface area contributed by atoms with E-state index in [0.717, 1.165) is 77.0 Å². The van der Waals surface area contributed by atoms with Gasteiger partial charge >= 0.3 is 0 Å². The topological polar surface area (TPSA) is 307 Å². The Morgan fingerprint density at radius 2 is 0.690 bits per heavy atom. The number of hydrogen-bond donors (Lipinski definition) is 12. The van der Waals surface area contributed by atoms with Crippen molar-refractivity contribution < 1.29 is 89.4 Å². The molecule has 3 fully saturated rings. The molecule has 584 valence electrons. The van der Waals surface area contributed by atoms with Crippen LogP contribution in [0.15, 0.2) is 60.8 Å². The summed E-state index contributed by atoms with van der Waals surface area (Å²) in [6.07, 6.45) is 51.6. The van der Waals surface area contributed by atoms with Crippen LogP contribution >= 0.6 is 0 Å². The van der Waals surface area contributed by atoms with Gasteiger partial charge in [0.25, 0.3) is 0 Å². The molecule has 19 heteroatoms. The lowest BCUT2D eigenvalue weighted by Gasteiger charge is -2.48. The quantitative estimate of drug-likeness (QED) is 0.0199. The van der Waals surface area contributed by atoms with Crippen LogP contribution in [0.25, 0.3) is 0 Å². The van der Waals surface area contributed by atoms with Crippen molar-refractivity contribution in [3.8, 4) is 0 Å². The predicted octanol–water partition coefficient (Wildman–Crippen LogP) is 13.5. The van der Waals surface area contributed by atoms with Crippen LogP contribution in [0.1, 0.15) is 316 Å². The van der Waals surface area contributed by atoms with E-state index in [1.165, 1.54) is 205 Å². The molecule has 3 heterocycles. The van der Waals surface area contributed by atoms with Gasteiger partial charge in [0.2, 0.25) is 5.91 Å². The number of nitrogens with one attached hydrogen (secondary N) is 1. The number of unbranched alkanes of at least 4 members (excludes halogenated alkanes) is 38. The van der Waals surface area contributed by atoms with Gasteiger partial charge in [0, 0.05) is 6.42 Å². The highest BCUT2D eigenvalue weighted by atomic mass is 16.8.